The van der Waals surface area contributed by atoms with Gasteiger partial charge >= 0.3 is 0 Å². The molecule has 0 atom stereocenters. The summed E-state index contributed by atoms with van der Waals surface area (Å²) in [5, 5.41) is 4.38. The van der Waals surface area contributed by atoms with E-state index in [9.17, 15) is 0 Å². The van der Waals surface area contributed by atoms with Crippen molar-refractivity contribution in [3.8, 4) is 5.82 Å². The molecule has 2 heterocycles. The minimum Gasteiger partial charge on any atom is -0.223 e. The van der Waals surface area contributed by atoms with Crippen molar-refractivity contribution in [3.63, 3.8) is 0 Å². The van der Waals surface area contributed by atoms with Gasteiger partial charge in [-0.25, -0.2) is 19.6 Å². The first-order valence-corrected chi connectivity index (χ1v) is 4.56. The molecule has 72 valence electrons. The van der Waals surface area contributed by atoms with Gasteiger partial charge in [0, 0.05) is 12.5 Å². The summed E-state index contributed by atoms with van der Waals surface area (Å²) in [5.41, 5.74) is 0. The summed E-state index contributed by atoms with van der Waals surface area (Å²) >= 11 is 5.83. The second-order valence-electron chi connectivity index (χ2n) is 2.66. The summed E-state index contributed by atoms with van der Waals surface area (Å²) in [4.78, 5) is 12.1. The highest BCUT2D eigenvalue weighted by Crippen LogP contribution is 2.10. The molecule has 0 saturated carbocycles. The van der Waals surface area contributed by atoms with Gasteiger partial charge in [0.25, 0.3) is 0 Å². The molecule has 0 aliphatic heterocycles. The molecule has 0 amide bonds. The van der Waals surface area contributed by atoms with Gasteiger partial charge in [-0.05, 0) is 0 Å². The Hall–Kier alpha value is -1.49. The second-order valence-corrected chi connectivity index (χ2v) is 3.05. The van der Waals surface area contributed by atoms with Gasteiger partial charge in [-0.2, -0.15) is 5.10 Å². The molecule has 2 aromatic heterocycles. The van der Waals surface area contributed by atoms with Gasteiger partial charge in [-0.1, -0.05) is 18.5 Å². The minimum absolute atomic E-state index is 0.419. The molecule has 0 fully saturated rings. The van der Waals surface area contributed by atoms with Crippen molar-refractivity contribution in [3.05, 3.63) is 29.7 Å². The van der Waals surface area contributed by atoms with Gasteiger partial charge in [0.05, 0.1) is 0 Å². The molecular weight excluding hydrogens is 202 g/mol. The highest BCUT2D eigenvalue weighted by Gasteiger charge is 2.03. The summed E-state index contributed by atoms with van der Waals surface area (Å²) in [6.45, 7) is 1.97. The Morgan fingerprint density at radius 3 is 2.93 bits per heavy atom. The van der Waals surface area contributed by atoms with Crippen LogP contribution in [0.15, 0.2) is 18.7 Å². The first kappa shape index (κ1) is 9.08. The molecule has 5 nitrogen and oxygen atoms in total. The maximum atomic E-state index is 5.83. The van der Waals surface area contributed by atoms with Gasteiger partial charge in [-0.15, -0.1) is 0 Å². The number of aryl methyl sites for hydroxylation is 1. The average Bonchev–Trinajstić information content (AvgIpc) is 2.69. The topological polar surface area (TPSA) is 56.5 Å². The standard InChI is InChI=1S/C8H8ClN5/c1-2-7-12-6(9)3-8(13-7)14-5-10-4-11-14/h3-5H,2H2,1H3. The number of hydrogen-bond acceptors (Lipinski definition) is 4. The lowest BCUT2D eigenvalue weighted by Gasteiger charge is -2.02. The van der Waals surface area contributed by atoms with Crippen molar-refractivity contribution in [2.75, 3.05) is 0 Å². The largest absolute Gasteiger partial charge is 0.223 e. The molecule has 0 N–H and O–H groups in total. The van der Waals surface area contributed by atoms with Crippen molar-refractivity contribution in [1.82, 2.24) is 24.7 Å². The van der Waals surface area contributed by atoms with Gasteiger partial charge in [0.2, 0.25) is 0 Å². The lowest BCUT2D eigenvalue weighted by Crippen LogP contribution is -2.02. The normalized spacial score (nSPS) is 10.4. The number of nitrogens with zero attached hydrogens (tertiary/aromatic N) is 5. The fourth-order valence-electron chi connectivity index (χ4n) is 1.05. The van der Waals surface area contributed by atoms with E-state index >= 15 is 0 Å². The number of halogens is 1. The van der Waals surface area contributed by atoms with Crippen LogP contribution in [-0.2, 0) is 6.42 Å². The predicted molar refractivity (Wildman–Crippen MR) is 51.3 cm³/mol. The van der Waals surface area contributed by atoms with Gasteiger partial charge < -0.3 is 0 Å². The Morgan fingerprint density at radius 2 is 2.29 bits per heavy atom. The maximum absolute atomic E-state index is 5.83. The molecule has 6 heteroatoms. The zero-order chi connectivity index (χ0) is 9.97. The summed E-state index contributed by atoms with van der Waals surface area (Å²) in [5.74, 6) is 1.34. The Balaban J connectivity index is 2.48. The second kappa shape index (κ2) is 3.71. The van der Waals surface area contributed by atoms with E-state index in [1.165, 1.54) is 6.33 Å². The molecule has 0 radical (unpaired) electrons. The van der Waals surface area contributed by atoms with E-state index in [2.05, 4.69) is 20.1 Å². The van der Waals surface area contributed by atoms with Crippen LogP contribution in [0, 0.1) is 0 Å². The van der Waals surface area contributed by atoms with Gasteiger partial charge in [0.1, 0.15) is 23.6 Å². The Labute approximate surface area is 85.8 Å². The van der Waals surface area contributed by atoms with Crippen LogP contribution in [0.5, 0.6) is 0 Å². The fraction of sp³-hybridized carbons (Fsp3) is 0.250. The summed E-state index contributed by atoms with van der Waals surface area (Å²) < 4.78 is 1.55. The molecule has 0 unspecified atom stereocenters. The van der Waals surface area contributed by atoms with E-state index in [1.807, 2.05) is 6.92 Å². The Bertz CT molecular complexity index is 425. The third kappa shape index (κ3) is 1.72. The zero-order valence-corrected chi connectivity index (χ0v) is 8.31. The van der Waals surface area contributed by atoms with Crippen molar-refractivity contribution in [1.29, 1.82) is 0 Å². The van der Waals surface area contributed by atoms with Crippen LogP contribution >= 0.6 is 11.6 Å². The summed E-state index contributed by atoms with van der Waals surface area (Å²) in [7, 11) is 0. The van der Waals surface area contributed by atoms with Crippen molar-refractivity contribution in [2.45, 2.75) is 13.3 Å². The van der Waals surface area contributed by atoms with Crippen LogP contribution in [0.25, 0.3) is 5.82 Å². The number of rotatable bonds is 2. The van der Waals surface area contributed by atoms with Crippen molar-refractivity contribution < 1.29 is 0 Å². The molecule has 0 spiro atoms. The molecule has 0 aromatic carbocycles. The summed E-state index contributed by atoms with van der Waals surface area (Å²) in [6.07, 6.45) is 3.75. The van der Waals surface area contributed by atoms with Crippen LogP contribution in [0.2, 0.25) is 5.15 Å². The highest BCUT2D eigenvalue weighted by molar-refractivity contribution is 6.29. The average molecular weight is 210 g/mol. The van der Waals surface area contributed by atoms with E-state index in [0.29, 0.717) is 16.8 Å². The minimum atomic E-state index is 0.419. The Kier molecular flexibility index (Phi) is 2.41. The fourth-order valence-corrected chi connectivity index (χ4v) is 1.25. The SMILES string of the molecule is CCc1nc(Cl)cc(-n2cncn2)n1. The van der Waals surface area contributed by atoms with E-state index in [-0.39, 0.29) is 0 Å². The lowest BCUT2D eigenvalue weighted by atomic mass is 10.4. The van der Waals surface area contributed by atoms with Crippen molar-refractivity contribution in [2.24, 2.45) is 0 Å². The molecule has 0 saturated heterocycles. The van der Waals surface area contributed by atoms with Crippen molar-refractivity contribution >= 4 is 11.6 Å². The van der Waals surface area contributed by atoms with Crippen LogP contribution < -0.4 is 0 Å². The maximum Gasteiger partial charge on any atom is 0.160 e. The molecule has 0 bridgehead atoms. The van der Waals surface area contributed by atoms with Crippen LogP contribution in [0.1, 0.15) is 12.7 Å². The van der Waals surface area contributed by atoms with Crippen LogP contribution in [0.4, 0.5) is 0 Å². The zero-order valence-electron chi connectivity index (χ0n) is 7.55. The summed E-state index contributed by atoms with van der Waals surface area (Å²) in [6, 6.07) is 1.65. The first-order valence-electron chi connectivity index (χ1n) is 4.18. The quantitative estimate of drug-likeness (QED) is 0.699. The smallest absolute Gasteiger partial charge is 0.160 e. The monoisotopic (exact) mass is 209 g/mol. The van der Waals surface area contributed by atoms with E-state index < -0.39 is 0 Å². The molecule has 2 rings (SSSR count). The third-order valence-corrected chi connectivity index (χ3v) is 1.89. The van der Waals surface area contributed by atoms with Crippen LogP contribution in [-0.4, -0.2) is 24.7 Å². The molecule has 0 aliphatic carbocycles. The van der Waals surface area contributed by atoms with Gasteiger partial charge in [0.15, 0.2) is 5.82 Å². The molecule has 2 aromatic rings. The number of aromatic nitrogens is 5. The number of hydrogen-bond donors (Lipinski definition) is 0. The molecule has 14 heavy (non-hydrogen) atoms. The van der Waals surface area contributed by atoms with E-state index in [4.69, 9.17) is 11.6 Å². The predicted octanol–water partition coefficient (Wildman–Crippen LogP) is 1.27. The lowest BCUT2D eigenvalue weighted by molar-refractivity contribution is 0.812. The molecular formula is C8H8ClN5. The van der Waals surface area contributed by atoms with E-state index in [1.54, 1.807) is 17.1 Å². The van der Waals surface area contributed by atoms with Crippen LogP contribution in [0.3, 0.4) is 0 Å². The van der Waals surface area contributed by atoms with E-state index in [0.717, 1.165) is 6.42 Å². The molecule has 0 aliphatic rings. The third-order valence-electron chi connectivity index (χ3n) is 1.70. The first-order chi connectivity index (χ1) is 6.79. The van der Waals surface area contributed by atoms with Gasteiger partial charge in [-0.3, -0.25) is 0 Å². The Morgan fingerprint density at radius 1 is 1.43 bits per heavy atom. The highest BCUT2D eigenvalue weighted by atomic mass is 35.5.